The van der Waals surface area contributed by atoms with Crippen molar-refractivity contribution in [3.05, 3.63) is 64.1 Å². The number of nitrogens with zero attached hydrogens (tertiary/aromatic N) is 1. The molecule has 0 bridgehead atoms. The maximum absolute atomic E-state index is 11.7. The van der Waals surface area contributed by atoms with Gasteiger partial charge in [-0.1, -0.05) is 31.2 Å². The second-order valence-corrected chi connectivity index (χ2v) is 5.05. The Morgan fingerprint density at radius 3 is 2.48 bits per heavy atom. The van der Waals surface area contributed by atoms with E-state index in [2.05, 4.69) is 36.5 Å². The Bertz CT molecular complexity index is 617. The molecule has 0 aliphatic carbocycles. The van der Waals surface area contributed by atoms with Crippen LogP contribution in [0.25, 0.3) is 0 Å². The van der Waals surface area contributed by atoms with Crippen LogP contribution < -0.4 is 10.9 Å². The lowest BCUT2D eigenvalue weighted by Gasteiger charge is -2.10. The fraction of sp³-hybridized carbons (Fsp3) is 0.353. The first-order chi connectivity index (χ1) is 10.2. The second kappa shape index (κ2) is 7.64. The average molecular weight is 286 g/mol. The van der Waals surface area contributed by atoms with Crippen LogP contribution in [0.2, 0.25) is 0 Å². The molecule has 0 radical (unpaired) electrons. The monoisotopic (exact) mass is 286 g/mol. The van der Waals surface area contributed by atoms with E-state index in [-0.39, 0.29) is 5.56 Å². The minimum Gasteiger partial charge on any atom is -0.380 e. The fourth-order valence-electron chi connectivity index (χ4n) is 2.18. The van der Waals surface area contributed by atoms with Crippen molar-refractivity contribution in [2.45, 2.75) is 33.0 Å². The Balaban J connectivity index is 1.99. The third-order valence-electron chi connectivity index (χ3n) is 3.28. The van der Waals surface area contributed by atoms with Crippen molar-refractivity contribution in [1.29, 1.82) is 0 Å². The SMILES string of the molecule is CCCn1cc(NCc2ccc(COC)cc2)ccc1=O. The van der Waals surface area contributed by atoms with Crippen LogP contribution in [-0.2, 0) is 24.4 Å². The van der Waals surface area contributed by atoms with E-state index in [1.165, 1.54) is 5.56 Å². The highest BCUT2D eigenvalue weighted by Crippen LogP contribution is 2.09. The number of ether oxygens (including phenoxy) is 1. The van der Waals surface area contributed by atoms with E-state index in [9.17, 15) is 4.79 Å². The molecule has 0 atom stereocenters. The van der Waals surface area contributed by atoms with Crippen LogP contribution in [0.4, 0.5) is 5.69 Å². The molecule has 0 aliphatic rings. The lowest BCUT2D eigenvalue weighted by molar-refractivity contribution is 0.185. The highest BCUT2D eigenvalue weighted by atomic mass is 16.5. The Kier molecular flexibility index (Phi) is 5.58. The summed E-state index contributed by atoms with van der Waals surface area (Å²) in [7, 11) is 1.70. The van der Waals surface area contributed by atoms with Crippen molar-refractivity contribution in [3.63, 3.8) is 0 Å². The van der Waals surface area contributed by atoms with Gasteiger partial charge in [-0.2, -0.15) is 0 Å². The first-order valence-corrected chi connectivity index (χ1v) is 7.24. The molecular formula is C17H22N2O2. The summed E-state index contributed by atoms with van der Waals surface area (Å²) >= 11 is 0. The van der Waals surface area contributed by atoms with E-state index in [0.29, 0.717) is 6.61 Å². The first kappa shape index (κ1) is 15.3. The van der Waals surface area contributed by atoms with Crippen molar-refractivity contribution >= 4 is 5.69 Å². The summed E-state index contributed by atoms with van der Waals surface area (Å²) in [6.45, 7) is 4.18. The molecule has 4 heteroatoms. The first-order valence-electron chi connectivity index (χ1n) is 7.24. The molecular weight excluding hydrogens is 264 g/mol. The Morgan fingerprint density at radius 1 is 1.10 bits per heavy atom. The van der Waals surface area contributed by atoms with Crippen LogP contribution in [0.15, 0.2) is 47.4 Å². The van der Waals surface area contributed by atoms with Crippen molar-refractivity contribution in [2.24, 2.45) is 0 Å². The van der Waals surface area contributed by atoms with Crippen LogP contribution in [0.5, 0.6) is 0 Å². The Labute approximate surface area is 125 Å². The van der Waals surface area contributed by atoms with Crippen molar-refractivity contribution in [1.82, 2.24) is 4.57 Å². The minimum atomic E-state index is 0.0475. The zero-order valence-electron chi connectivity index (χ0n) is 12.6. The number of benzene rings is 1. The van der Waals surface area contributed by atoms with E-state index in [0.717, 1.165) is 30.8 Å². The minimum absolute atomic E-state index is 0.0475. The van der Waals surface area contributed by atoms with Gasteiger partial charge in [0.2, 0.25) is 0 Å². The molecule has 0 amide bonds. The molecule has 0 aliphatic heterocycles. The van der Waals surface area contributed by atoms with Gasteiger partial charge in [0.25, 0.3) is 5.56 Å². The predicted molar refractivity (Wildman–Crippen MR) is 85.5 cm³/mol. The van der Waals surface area contributed by atoms with E-state index in [4.69, 9.17) is 4.74 Å². The predicted octanol–water partition coefficient (Wildman–Crippen LogP) is 3.02. The third kappa shape index (κ3) is 4.46. The maximum atomic E-state index is 11.7. The fourth-order valence-corrected chi connectivity index (χ4v) is 2.18. The van der Waals surface area contributed by atoms with Crippen molar-refractivity contribution in [3.8, 4) is 0 Å². The molecule has 1 N–H and O–H groups in total. The number of anilines is 1. The average Bonchev–Trinajstić information content (AvgIpc) is 2.50. The summed E-state index contributed by atoms with van der Waals surface area (Å²) < 4.78 is 6.84. The topological polar surface area (TPSA) is 43.3 Å². The van der Waals surface area contributed by atoms with Gasteiger partial charge < -0.3 is 14.6 Å². The van der Waals surface area contributed by atoms with E-state index in [1.54, 1.807) is 17.7 Å². The highest BCUT2D eigenvalue weighted by Gasteiger charge is 1.99. The van der Waals surface area contributed by atoms with Crippen LogP contribution in [0.1, 0.15) is 24.5 Å². The standard InChI is InChI=1S/C17H22N2O2/c1-3-10-19-12-16(8-9-17(19)20)18-11-14-4-6-15(7-5-14)13-21-2/h4-9,12,18H,3,10-11,13H2,1-2H3. The molecule has 0 fully saturated rings. The number of methoxy groups -OCH3 is 1. The Hall–Kier alpha value is -2.07. The molecule has 1 heterocycles. The van der Waals surface area contributed by atoms with Gasteiger partial charge in [0, 0.05) is 32.5 Å². The van der Waals surface area contributed by atoms with E-state index < -0.39 is 0 Å². The zero-order valence-corrected chi connectivity index (χ0v) is 12.6. The summed E-state index contributed by atoms with van der Waals surface area (Å²) in [5, 5.41) is 3.35. The van der Waals surface area contributed by atoms with Gasteiger partial charge in [0.15, 0.2) is 0 Å². The van der Waals surface area contributed by atoms with Gasteiger partial charge in [-0.25, -0.2) is 0 Å². The van der Waals surface area contributed by atoms with Crippen LogP contribution in [0.3, 0.4) is 0 Å². The quantitative estimate of drug-likeness (QED) is 0.851. The summed E-state index contributed by atoms with van der Waals surface area (Å²) in [4.78, 5) is 11.7. The number of nitrogens with one attached hydrogen (secondary N) is 1. The summed E-state index contributed by atoms with van der Waals surface area (Å²) in [5.41, 5.74) is 3.37. The molecule has 21 heavy (non-hydrogen) atoms. The van der Waals surface area contributed by atoms with E-state index >= 15 is 0 Å². The van der Waals surface area contributed by atoms with Gasteiger partial charge in [0.05, 0.1) is 12.3 Å². The molecule has 0 spiro atoms. The molecule has 2 rings (SSSR count). The molecule has 112 valence electrons. The number of aryl methyl sites for hydroxylation is 1. The van der Waals surface area contributed by atoms with Crippen LogP contribution in [-0.4, -0.2) is 11.7 Å². The van der Waals surface area contributed by atoms with Gasteiger partial charge in [-0.15, -0.1) is 0 Å². The van der Waals surface area contributed by atoms with Crippen LogP contribution in [0, 0.1) is 0 Å². The normalized spacial score (nSPS) is 10.6. The second-order valence-electron chi connectivity index (χ2n) is 5.05. The summed E-state index contributed by atoms with van der Waals surface area (Å²) in [6.07, 6.45) is 2.83. The number of pyridine rings is 1. The third-order valence-corrected chi connectivity index (χ3v) is 3.28. The lowest BCUT2D eigenvalue weighted by Crippen LogP contribution is -2.18. The summed E-state index contributed by atoms with van der Waals surface area (Å²) in [6, 6.07) is 11.7. The van der Waals surface area contributed by atoms with Crippen LogP contribution >= 0.6 is 0 Å². The number of hydrogen-bond donors (Lipinski definition) is 1. The molecule has 2 aromatic rings. The lowest BCUT2D eigenvalue weighted by atomic mass is 10.1. The Morgan fingerprint density at radius 2 is 1.81 bits per heavy atom. The number of rotatable bonds is 7. The highest BCUT2D eigenvalue weighted by molar-refractivity contribution is 5.41. The molecule has 0 saturated heterocycles. The number of hydrogen-bond acceptors (Lipinski definition) is 3. The smallest absolute Gasteiger partial charge is 0.250 e. The molecule has 1 aromatic heterocycles. The summed E-state index contributed by atoms with van der Waals surface area (Å²) in [5.74, 6) is 0. The largest absolute Gasteiger partial charge is 0.380 e. The van der Waals surface area contributed by atoms with Gasteiger partial charge in [-0.3, -0.25) is 4.79 Å². The van der Waals surface area contributed by atoms with Crippen molar-refractivity contribution in [2.75, 3.05) is 12.4 Å². The maximum Gasteiger partial charge on any atom is 0.250 e. The zero-order chi connectivity index (χ0) is 15.1. The molecule has 0 saturated carbocycles. The van der Waals surface area contributed by atoms with Gasteiger partial charge >= 0.3 is 0 Å². The van der Waals surface area contributed by atoms with Gasteiger partial charge in [-0.05, 0) is 23.6 Å². The molecule has 0 unspecified atom stereocenters. The number of aromatic nitrogens is 1. The van der Waals surface area contributed by atoms with E-state index in [1.807, 2.05) is 12.3 Å². The molecule has 4 nitrogen and oxygen atoms in total. The van der Waals surface area contributed by atoms with Gasteiger partial charge in [0.1, 0.15) is 0 Å². The molecule has 1 aromatic carbocycles. The van der Waals surface area contributed by atoms with Crippen molar-refractivity contribution < 1.29 is 4.74 Å².